The molecule has 0 aliphatic carbocycles. The van der Waals surface area contributed by atoms with E-state index in [1.165, 1.54) is 19.2 Å². The lowest BCUT2D eigenvalue weighted by atomic mass is 10.2. The zero-order chi connectivity index (χ0) is 17.5. The van der Waals surface area contributed by atoms with E-state index in [-0.39, 0.29) is 11.7 Å². The average Bonchev–Trinajstić information content (AvgIpc) is 2.56. The van der Waals surface area contributed by atoms with Crippen molar-refractivity contribution in [3.63, 3.8) is 0 Å². The molecule has 2 rings (SSSR count). The molecule has 0 bridgehead atoms. The summed E-state index contributed by atoms with van der Waals surface area (Å²) in [6, 6.07) is 9.64. The Hall–Kier alpha value is -2.60. The lowest BCUT2D eigenvalue weighted by Crippen LogP contribution is -2.13. The monoisotopic (exact) mass is 332 g/mol. The van der Waals surface area contributed by atoms with Gasteiger partial charge in [-0.25, -0.2) is 4.39 Å². The van der Waals surface area contributed by atoms with Crippen LogP contribution in [0.4, 0.5) is 10.1 Å². The van der Waals surface area contributed by atoms with Crippen molar-refractivity contribution in [1.29, 1.82) is 0 Å². The molecular weight excluding hydrogens is 311 g/mol. The van der Waals surface area contributed by atoms with Gasteiger partial charge in [-0.05, 0) is 49.7 Å². The Labute approximate surface area is 140 Å². The molecule has 0 heterocycles. The van der Waals surface area contributed by atoms with Gasteiger partial charge in [-0.2, -0.15) is 0 Å². The molecule has 128 valence electrons. The summed E-state index contributed by atoms with van der Waals surface area (Å²) in [5.74, 6) is 0.218. The van der Waals surface area contributed by atoms with E-state index < -0.39 is 5.82 Å². The fourth-order valence-electron chi connectivity index (χ4n) is 2.13. The highest BCUT2D eigenvalue weighted by atomic mass is 19.1. The van der Waals surface area contributed by atoms with Gasteiger partial charge in [0, 0.05) is 18.2 Å². The number of carbonyl (C=O) groups is 1. The Kier molecular flexibility index (Phi) is 6.14. The predicted octanol–water partition coefficient (Wildman–Crippen LogP) is 3.61. The molecule has 1 amide bonds. The Bertz CT molecular complexity index is 719. The van der Waals surface area contributed by atoms with Gasteiger partial charge in [0.15, 0.2) is 23.1 Å². The van der Waals surface area contributed by atoms with Crippen LogP contribution < -0.4 is 20.5 Å². The first kappa shape index (κ1) is 17.7. The number of benzene rings is 2. The van der Waals surface area contributed by atoms with Crippen molar-refractivity contribution < 1.29 is 18.7 Å². The van der Waals surface area contributed by atoms with Crippen LogP contribution in [0.5, 0.6) is 17.2 Å². The van der Waals surface area contributed by atoms with Crippen LogP contribution in [-0.4, -0.2) is 19.6 Å². The number of nitrogens with two attached hydrogens (primary N) is 1. The minimum Gasteiger partial charge on any atom is -0.493 e. The van der Waals surface area contributed by atoms with Crippen LogP contribution in [0.2, 0.25) is 0 Å². The van der Waals surface area contributed by atoms with E-state index in [0.717, 1.165) is 5.56 Å². The molecule has 2 aromatic carbocycles. The van der Waals surface area contributed by atoms with E-state index in [0.29, 0.717) is 36.6 Å². The Balaban J connectivity index is 2.11. The number of amides is 1. The van der Waals surface area contributed by atoms with Crippen molar-refractivity contribution in [2.45, 2.75) is 19.8 Å². The highest BCUT2D eigenvalue weighted by Gasteiger charge is 2.11. The van der Waals surface area contributed by atoms with E-state index in [9.17, 15) is 9.18 Å². The van der Waals surface area contributed by atoms with Crippen molar-refractivity contribution in [1.82, 2.24) is 0 Å². The molecule has 0 aliphatic heterocycles. The summed E-state index contributed by atoms with van der Waals surface area (Å²) in [4.78, 5) is 11.6. The molecule has 6 heteroatoms. The zero-order valence-corrected chi connectivity index (χ0v) is 13.8. The van der Waals surface area contributed by atoms with Crippen molar-refractivity contribution in [3.8, 4) is 17.2 Å². The first-order valence-corrected chi connectivity index (χ1v) is 7.65. The molecule has 0 aliphatic rings. The third-order valence-electron chi connectivity index (χ3n) is 3.36. The molecule has 0 radical (unpaired) electrons. The summed E-state index contributed by atoms with van der Waals surface area (Å²) in [5, 5.41) is 2.62. The quantitative estimate of drug-likeness (QED) is 0.812. The molecule has 24 heavy (non-hydrogen) atoms. The van der Waals surface area contributed by atoms with Crippen molar-refractivity contribution in [3.05, 3.63) is 47.8 Å². The van der Waals surface area contributed by atoms with E-state index >= 15 is 0 Å². The third kappa shape index (κ3) is 4.70. The molecule has 3 N–H and O–H groups in total. The maximum atomic E-state index is 14.2. The van der Waals surface area contributed by atoms with E-state index in [1.54, 1.807) is 18.2 Å². The van der Waals surface area contributed by atoms with E-state index in [4.69, 9.17) is 15.2 Å². The van der Waals surface area contributed by atoms with Gasteiger partial charge in [-0.3, -0.25) is 4.79 Å². The second-order valence-electron chi connectivity index (χ2n) is 5.34. The standard InChI is InChI=1S/C18H21FN2O3/c1-12-5-7-16(17(10-12)23-2)24-15-8-6-13(11-14(15)19)21-18(22)4-3-9-20/h5-8,10-11H,3-4,9,20H2,1-2H3,(H,21,22). The van der Waals surface area contributed by atoms with Crippen LogP contribution in [-0.2, 0) is 4.79 Å². The lowest BCUT2D eigenvalue weighted by Gasteiger charge is -2.12. The third-order valence-corrected chi connectivity index (χ3v) is 3.36. The Morgan fingerprint density at radius 2 is 1.92 bits per heavy atom. The first-order valence-electron chi connectivity index (χ1n) is 7.65. The molecular formula is C18H21FN2O3. The Morgan fingerprint density at radius 3 is 2.58 bits per heavy atom. The number of aryl methyl sites for hydroxylation is 1. The van der Waals surface area contributed by atoms with Gasteiger partial charge in [-0.1, -0.05) is 6.07 Å². The molecule has 0 atom stereocenters. The number of hydrogen-bond donors (Lipinski definition) is 2. The van der Waals surface area contributed by atoms with Crippen molar-refractivity contribution in [2.75, 3.05) is 19.0 Å². The molecule has 0 fully saturated rings. The summed E-state index contributed by atoms with van der Waals surface area (Å²) >= 11 is 0. The van der Waals surface area contributed by atoms with Crippen molar-refractivity contribution >= 4 is 11.6 Å². The van der Waals surface area contributed by atoms with Crippen LogP contribution in [0, 0.1) is 12.7 Å². The van der Waals surface area contributed by atoms with Crippen LogP contribution in [0.3, 0.4) is 0 Å². The number of hydrogen-bond acceptors (Lipinski definition) is 4. The van der Waals surface area contributed by atoms with Gasteiger partial charge in [-0.15, -0.1) is 0 Å². The van der Waals surface area contributed by atoms with E-state index in [2.05, 4.69) is 5.32 Å². The number of ether oxygens (including phenoxy) is 2. The summed E-state index contributed by atoms with van der Waals surface area (Å²) < 4.78 is 25.0. The highest BCUT2D eigenvalue weighted by molar-refractivity contribution is 5.90. The number of rotatable bonds is 7. The van der Waals surface area contributed by atoms with Crippen molar-refractivity contribution in [2.24, 2.45) is 5.73 Å². The second-order valence-corrected chi connectivity index (χ2v) is 5.34. The van der Waals surface area contributed by atoms with Crippen LogP contribution in [0.15, 0.2) is 36.4 Å². The minimum absolute atomic E-state index is 0.0529. The first-order chi connectivity index (χ1) is 11.5. The SMILES string of the molecule is COc1cc(C)ccc1Oc1ccc(NC(=O)CCCN)cc1F. The molecule has 0 saturated heterocycles. The number of methoxy groups -OCH3 is 1. The molecule has 5 nitrogen and oxygen atoms in total. The average molecular weight is 332 g/mol. The van der Waals surface area contributed by atoms with Crippen LogP contribution in [0.1, 0.15) is 18.4 Å². The van der Waals surface area contributed by atoms with Gasteiger partial charge in [0.2, 0.25) is 5.91 Å². The fraction of sp³-hybridized carbons (Fsp3) is 0.278. The van der Waals surface area contributed by atoms with Gasteiger partial charge in [0.25, 0.3) is 0 Å². The van der Waals surface area contributed by atoms with Crippen LogP contribution >= 0.6 is 0 Å². The number of carbonyl (C=O) groups excluding carboxylic acids is 1. The number of anilines is 1. The minimum atomic E-state index is -0.575. The summed E-state index contributed by atoms with van der Waals surface area (Å²) in [6.45, 7) is 2.36. The normalized spacial score (nSPS) is 10.3. The molecule has 0 saturated carbocycles. The molecule has 2 aromatic rings. The van der Waals surface area contributed by atoms with Gasteiger partial charge in [0.05, 0.1) is 7.11 Å². The van der Waals surface area contributed by atoms with E-state index in [1.807, 2.05) is 13.0 Å². The number of nitrogens with one attached hydrogen (secondary N) is 1. The highest BCUT2D eigenvalue weighted by Crippen LogP contribution is 2.34. The summed E-state index contributed by atoms with van der Waals surface area (Å²) in [6.07, 6.45) is 0.889. The predicted molar refractivity (Wildman–Crippen MR) is 91.1 cm³/mol. The van der Waals surface area contributed by atoms with Gasteiger partial charge >= 0.3 is 0 Å². The molecule has 0 unspecified atom stereocenters. The fourth-order valence-corrected chi connectivity index (χ4v) is 2.13. The smallest absolute Gasteiger partial charge is 0.224 e. The summed E-state index contributed by atoms with van der Waals surface area (Å²) in [7, 11) is 1.53. The molecule has 0 aromatic heterocycles. The zero-order valence-electron chi connectivity index (χ0n) is 13.8. The maximum absolute atomic E-state index is 14.2. The Morgan fingerprint density at radius 1 is 1.17 bits per heavy atom. The summed E-state index contributed by atoms with van der Waals surface area (Å²) in [5.41, 5.74) is 6.74. The van der Waals surface area contributed by atoms with Gasteiger partial charge in [0.1, 0.15) is 0 Å². The maximum Gasteiger partial charge on any atom is 0.224 e. The molecule has 0 spiro atoms. The largest absolute Gasteiger partial charge is 0.493 e. The lowest BCUT2D eigenvalue weighted by molar-refractivity contribution is -0.116. The van der Waals surface area contributed by atoms with Crippen LogP contribution in [0.25, 0.3) is 0 Å². The van der Waals surface area contributed by atoms with Gasteiger partial charge < -0.3 is 20.5 Å². The second kappa shape index (κ2) is 8.31. The number of halogens is 1. The topological polar surface area (TPSA) is 73.6 Å².